The van der Waals surface area contributed by atoms with Crippen molar-refractivity contribution >= 4 is 23.4 Å². The van der Waals surface area contributed by atoms with E-state index in [1.54, 1.807) is 6.92 Å². The van der Waals surface area contributed by atoms with Crippen molar-refractivity contribution in [2.45, 2.75) is 79.8 Å². The van der Waals surface area contributed by atoms with E-state index in [1.165, 1.54) is 5.56 Å². The Hall–Kier alpha value is -2.37. The minimum Gasteiger partial charge on any atom is -0.344 e. The van der Waals surface area contributed by atoms with Gasteiger partial charge in [0.05, 0.1) is 0 Å². The molecule has 3 amide bonds. The van der Waals surface area contributed by atoms with E-state index < -0.39 is 12.1 Å². The fourth-order valence-electron chi connectivity index (χ4n) is 2.95. The van der Waals surface area contributed by atoms with E-state index in [-0.39, 0.29) is 29.1 Å². The SMILES string of the molecule is CCCC(=O)NC(C(=O)N[C@@H](C)C(=O)Nc1ccc(CC(C)(C)C)cc1)C(C)C. The van der Waals surface area contributed by atoms with Gasteiger partial charge in [-0.2, -0.15) is 0 Å². The van der Waals surface area contributed by atoms with Crippen molar-refractivity contribution in [3.8, 4) is 0 Å². The molecule has 1 rings (SSSR count). The van der Waals surface area contributed by atoms with E-state index in [0.717, 1.165) is 6.42 Å². The smallest absolute Gasteiger partial charge is 0.246 e. The van der Waals surface area contributed by atoms with Crippen molar-refractivity contribution in [3.05, 3.63) is 29.8 Å². The topological polar surface area (TPSA) is 87.3 Å². The summed E-state index contributed by atoms with van der Waals surface area (Å²) in [6, 6.07) is 6.36. The third-order valence-electron chi connectivity index (χ3n) is 4.45. The molecular formula is C23H37N3O3. The van der Waals surface area contributed by atoms with E-state index in [0.29, 0.717) is 18.5 Å². The molecule has 6 nitrogen and oxygen atoms in total. The highest BCUT2D eigenvalue weighted by Gasteiger charge is 2.26. The Balaban J connectivity index is 2.66. The summed E-state index contributed by atoms with van der Waals surface area (Å²) in [6.07, 6.45) is 2.04. The summed E-state index contributed by atoms with van der Waals surface area (Å²) in [6.45, 7) is 13.8. The summed E-state index contributed by atoms with van der Waals surface area (Å²) in [5.74, 6) is -0.896. The van der Waals surface area contributed by atoms with Crippen LogP contribution in [0.3, 0.4) is 0 Å². The summed E-state index contributed by atoms with van der Waals surface area (Å²) < 4.78 is 0. The number of amides is 3. The molecule has 0 saturated heterocycles. The van der Waals surface area contributed by atoms with Gasteiger partial charge >= 0.3 is 0 Å². The maximum absolute atomic E-state index is 12.6. The van der Waals surface area contributed by atoms with Crippen molar-refractivity contribution in [1.29, 1.82) is 0 Å². The number of carbonyl (C=O) groups excluding carboxylic acids is 3. The van der Waals surface area contributed by atoms with Gasteiger partial charge in [0.2, 0.25) is 17.7 Å². The lowest BCUT2D eigenvalue weighted by Crippen LogP contribution is -2.53. The molecule has 0 heterocycles. The standard InChI is InChI=1S/C23H37N3O3/c1-8-9-19(27)26-20(15(2)3)22(29)24-16(4)21(28)25-18-12-10-17(11-13-18)14-23(5,6)7/h10-13,15-16,20H,8-9,14H2,1-7H3,(H,24,29)(H,25,28)(H,26,27)/t16-,20?/m0/s1. The van der Waals surface area contributed by atoms with Crippen molar-refractivity contribution in [2.24, 2.45) is 11.3 Å². The molecule has 0 aromatic heterocycles. The molecule has 162 valence electrons. The molecule has 0 aliphatic rings. The molecule has 29 heavy (non-hydrogen) atoms. The third kappa shape index (κ3) is 9.11. The van der Waals surface area contributed by atoms with E-state index in [1.807, 2.05) is 45.0 Å². The molecular weight excluding hydrogens is 366 g/mol. The average molecular weight is 404 g/mol. The highest BCUT2D eigenvalue weighted by molar-refractivity contribution is 5.98. The van der Waals surface area contributed by atoms with Crippen LogP contribution in [0, 0.1) is 11.3 Å². The fourth-order valence-corrected chi connectivity index (χ4v) is 2.95. The average Bonchev–Trinajstić information content (AvgIpc) is 2.59. The van der Waals surface area contributed by atoms with Crippen molar-refractivity contribution < 1.29 is 14.4 Å². The summed E-state index contributed by atoms with van der Waals surface area (Å²) >= 11 is 0. The third-order valence-corrected chi connectivity index (χ3v) is 4.45. The minimum atomic E-state index is -0.721. The first-order valence-electron chi connectivity index (χ1n) is 10.4. The van der Waals surface area contributed by atoms with E-state index >= 15 is 0 Å². The van der Waals surface area contributed by atoms with Crippen LogP contribution in [0.5, 0.6) is 0 Å². The predicted octanol–water partition coefficient (Wildman–Crippen LogP) is 3.66. The number of nitrogens with one attached hydrogen (secondary N) is 3. The number of rotatable bonds is 9. The molecule has 0 aliphatic carbocycles. The second-order valence-electron chi connectivity index (χ2n) is 9.19. The van der Waals surface area contributed by atoms with E-state index in [4.69, 9.17) is 0 Å². The zero-order chi connectivity index (χ0) is 22.2. The minimum absolute atomic E-state index is 0.0820. The van der Waals surface area contributed by atoms with Gasteiger partial charge in [-0.1, -0.05) is 53.7 Å². The molecule has 6 heteroatoms. The van der Waals surface area contributed by atoms with E-state index in [9.17, 15) is 14.4 Å². The van der Waals surface area contributed by atoms with Crippen LogP contribution in [0.1, 0.15) is 66.9 Å². The lowest BCUT2D eigenvalue weighted by atomic mass is 9.88. The number of hydrogen-bond donors (Lipinski definition) is 3. The van der Waals surface area contributed by atoms with Crippen LogP contribution in [0.25, 0.3) is 0 Å². The fraction of sp³-hybridized carbons (Fsp3) is 0.609. The van der Waals surface area contributed by atoms with Gasteiger partial charge in [-0.25, -0.2) is 0 Å². The normalized spacial score (nSPS) is 13.5. The summed E-state index contributed by atoms with van der Waals surface area (Å²) in [4.78, 5) is 36.9. The highest BCUT2D eigenvalue weighted by Crippen LogP contribution is 2.21. The lowest BCUT2D eigenvalue weighted by molar-refractivity contribution is -0.131. The monoisotopic (exact) mass is 403 g/mol. The van der Waals surface area contributed by atoms with Crippen LogP contribution in [0.2, 0.25) is 0 Å². The number of benzene rings is 1. The Morgan fingerprint density at radius 1 is 0.931 bits per heavy atom. The van der Waals surface area contributed by atoms with Crippen molar-refractivity contribution in [2.75, 3.05) is 5.32 Å². The van der Waals surface area contributed by atoms with Crippen molar-refractivity contribution in [1.82, 2.24) is 10.6 Å². The van der Waals surface area contributed by atoms with E-state index in [2.05, 4.69) is 36.7 Å². The van der Waals surface area contributed by atoms with Gasteiger partial charge < -0.3 is 16.0 Å². The maximum atomic E-state index is 12.6. The molecule has 1 unspecified atom stereocenters. The summed E-state index contributed by atoms with van der Waals surface area (Å²) in [5.41, 5.74) is 2.09. The predicted molar refractivity (Wildman–Crippen MR) is 118 cm³/mol. The van der Waals surface area contributed by atoms with Crippen LogP contribution in [0.4, 0.5) is 5.69 Å². The Morgan fingerprint density at radius 3 is 2.00 bits per heavy atom. The van der Waals surface area contributed by atoms with Gasteiger partial charge in [0.25, 0.3) is 0 Å². The second-order valence-corrected chi connectivity index (χ2v) is 9.19. The molecule has 0 saturated carbocycles. The number of carbonyl (C=O) groups is 3. The lowest BCUT2D eigenvalue weighted by Gasteiger charge is -2.24. The second kappa shape index (κ2) is 11.0. The van der Waals surface area contributed by atoms with Crippen LogP contribution >= 0.6 is 0 Å². The van der Waals surface area contributed by atoms with Gasteiger partial charge in [-0.3, -0.25) is 14.4 Å². The quantitative estimate of drug-likeness (QED) is 0.588. The van der Waals surface area contributed by atoms with Gasteiger partial charge in [0, 0.05) is 12.1 Å². The summed E-state index contributed by atoms with van der Waals surface area (Å²) in [5, 5.41) is 8.28. The van der Waals surface area contributed by atoms with Gasteiger partial charge in [0.15, 0.2) is 0 Å². The van der Waals surface area contributed by atoms with Crippen LogP contribution < -0.4 is 16.0 Å². The Kier molecular flexibility index (Phi) is 9.34. The number of hydrogen-bond acceptors (Lipinski definition) is 3. The van der Waals surface area contributed by atoms with Crippen LogP contribution in [-0.2, 0) is 20.8 Å². The molecule has 3 N–H and O–H groups in total. The molecule has 1 aromatic rings. The van der Waals surface area contributed by atoms with Gasteiger partial charge in [-0.05, 0) is 48.8 Å². The highest BCUT2D eigenvalue weighted by atomic mass is 16.2. The Bertz CT molecular complexity index is 690. The van der Waals surface area contributed by atoms with Gasteiger partial charge in [0.1, 0.15) is 12.1 Å². The largest absolute Gasteiger partial charge is 0.344 e. The molecule has 0 spiro atoms. The molecule has 0 radical (unpaired) electrons. The van der Waals surface area contributed by atoms with Crippen LogP contribution in [0.15, 0.2) is 24.3 Å². The summed E-state index contributed by atoms with van der Waals surface area (Å²) in [7, 11) is 0. The zero-order valence-electron chi connectivity index (χ0n) is 18.9. The van der Waals surface area contributed by atoms with Crippen LogP contribution in [-0.4, -0.2) is 29.8 Å². The maximum Gasteiger partial charge on any atom is 0.246 e. The van der Waals surface area contributed by atoms with Gasteiger partial charge in [-0.15, -0.1) is 0 Å². The molecule has 0 aliphatic heterocycles. The first-order valence-corrected chi connectivity index (χ1v) is 10.4. The zero-order valence-corrected chi connectivity index (χ0v) is 18.9. The Labute approximate surface area is 175 Å². The molecule has 0 bridgehead atoms. The Morgan fingerprint density at radius 2 is 1.52 bits per heavy atom. The first kappa shape index (κ1) is 24.7. The molecule has 2 atom stereocenters. The molecule has 0 fully saturated rings. The first-order chi connectivity index (χ1) is 13.4. The number of anilines is 1. The van der Waals surface area contributed by atoms with Crippen molar-refractivity contribution in [3.63, 3.8) is 0 Å². The molecule has 1 aromatic carbocycles.